The van der Waals surface area contributed by atoms with Gasteiger partial charge in [-0.15, -0.1) is 0 Å². The summed E-state index contributed by atoms with van der Waals surface area (Å²) in [7, 11) is 1.49. The molecule has 2 aromatic rings. The number of nitrogens with one attached hydrogen (secondary N) is 1. The number of ether oxygens (including phenoxy) is 1. The van der Waals surface area contributed by atoms with E-state index in [2.05, 4.69) is 10.3 Å². The predicted molar refractivity (Wildman–Crippen MR) is 72.5 cm³/mol. The minimum Gasteiger partial charge on any atom is -0.398 e. The number of hydrogen-bond donors (Lipinski definition) is 3. The summed E-state index contributed by atoms with van der Waals surface area (Å²) >= 11 is 0. The van der Waals surface area contributed by atoms with Crippen LogP contribution in [0.2, 0.25) is 0 Å². The molecule has 1 aromatic heterocycles. The Bertz CT molecular complexity index is 577. The summed E-state index contributed by atoms with van der Waals surface area (Å²) in [6.07, 6.45) is 0.846. The third kappa shape index (κ3) is 2.91. The number of fused-ring (bicyclic) bond motifs is 1. The van der Waals surface area contributed by atoms with Crippen LogP contribution in [0.1, 0.15) is 0 Å². The number of rotatable bonds is 5. The highest BCUT2D eigenvalue weighted by Gasteiger charge is 2.13. The Morgan fingerprint density at radius 1 is 1.58 bits per heavy atom. The van der Waals surface area contributed by atoms with Gasteiger partial charge in [0.2, 0.25) is 0 Å². The van der Waals surface area contributed by atoms with Crippen LogP contribution in [-0.4, -0.2) is 36.5 Å². The molecule has 1 aromatic carbocycles. The van der Waals surface area contributed by atoms with Gasteiger partial charge in [0.05, 0.1) is 23.9 Å². The fraction of sp³-hybridized carbons (Fsp3) is 0.308. The first-order chi connectivity index (χ1) is 9.13. The molecule has 0 bridgehead atoms. The van der Waals surface area contributed by atoms with Crippen molar-refractivity contribution in [3.05, 3.63) is 30.2 Å². The molecular formula is C13H16FN3O2. The first kappa shape index (κ1) is 13.5. The standard InChI is InChI=1S/C13H16FN3O2/c1-19-7-8(18)6-17-13-10(14)5-11(15)9-3-2-4-16-12(9)13/h2-5,8,17-18H,6-7,15H2,1H3. The number of nitrogen functional groups attached to an aromatic ring is 1. The zero-order chi connectivity index (χ0) is 13.8. The first-order valence-electron chi connectivity index (χ1n) is 5.87. The van der Waals surface area contributed by atoms with E-state index in [1.54, 1.807) is 18.3 Å². The maximum Gasteiger partial charge on any atom is 0.150 e. The van der Waals surface area contributed by atoms with Crippen molar-refractivity contribution in [2.45, 2.75) is 6.10 Å². The summed E-state index contributed by atoms with van der Waals surface area (Å²) in [6.45, 7) is 0.343. The van der Waals surface area contributed by atoms with Crippen molar-refractivity contribution in [1.82, 2.24) is 4.98 Å². The maximum atomic E-state index is 13.9. The molecule has 0 saturated heterocycles. The molecule has 5 nitrogen and oxygen atoms in total. The number of nitrogens with two attached hydrogens (primary N) is 1. The van der Waals surface area contributed by atoms with Crippen molar-refractivity contribution < 1.29 is 14.2 Å². The summed E-state index contributed by atoms with van der Waals surface area (Å²) in [5.41, 5.74) is 6.77. The number of pyridine rings is 1. The third-order valence-corrected chi connectivity index (χ3v) is 2.75. The molecule has 1 unspecified atom stereocenters. The van der Waals surface area contributed by atoms with E-state index in [9.17, 15) is 9.50 Å². The smallest absolute Gasteiger partial charge is 0.150 e. The summed E-state index contributed by atoms with van der Waals surface area (Å²) in [6, 6.07) is 4.75. The summed E-state index contributed by atoms with van der Waals surface area (Å²) in [4.78, 5) is 4.13. The lowest BCUT2D eigenvalue weighted by Gasteiger charge is -2.14. The molecule has 0 radical (unpaired) electrons. The fourth-order valence-corrected chi connectivity index (χ4v) is 1.88. The van der Waals surface area contributed by atoms with Crippen LogP contribution < -0.4 is 11.1 Å². The van der Waals surface area contributed by atoms with Gasteiger partial charge in [0.25, 0.3) is 0 Å². The number of nitrogens with zero attached hydrogens (tertiary/aromatic N) is 1. The molecule has 6 heteroatoms. The van der Waals surface area contributed by atoms with Crippen molar-refractivity contribution >= 4 is 22.3 Å². The molecule has 102 valence electrons. The molecule has 0 aliphatic heterocycles. The van der Waals surface area contributed by atoms with E-state index in [1.807, 2.05) is 0 Å². The van der Waals surface area contributed by atoms with Gasteiger partial charge in [0.1, 0.15) is 0 Å². The van der Waals surface area contributed by atoms with E-state index < -0.39 is 11.9 Å². The van der Waals surface area contributed by atoms with Crippen molar-refractivity contribution in [2.24, 2.45) is 0 Å². The molecule has 0 fully saturated rings. The average Bonchev–Trinajstić information content (AvgIpc) is 2.39. The molecule has 1 heterocycles. The normalized spacial score (nSPS) is 12.6. The van der Waals surface area contributed by atoms with Gasteiger partial charge >= 0.3 is 0 Å². The van der Waals surface area contributed by atoms with Gasteiger partial charge in [-0.1, -0.05) is 0 Å². The number of anilines is 2. The number of methoxy groups -OCH3 is 1. The highest BCUT2D eigenvalue weighted by atomic mass is 19.1. The van der Waals surface area contributed by atoms with E-state index in [4.69, 9.17) is 10.5 Å². The molecule has 2 rings (SSSR count). The molecule has 0 aliphatic rings. The molecule has 19 heavy (non-hydrogen) atoms. The lowest BCUT2D eigenvalue weighted by Crippen LogP contribution is -2.24. The summed E-state index contributed by atoms with van der Waals surface area (Å²) in [5.74, 6) is -0.492. The van der Waals surface area contributed by atoms with Gasteiger partial charge < -0.3 is 20.9 Å². The first-order valence-corrected chi connectivity index (χ1v) is 5.87. The second kappa shape index (κ2) is 5.81. The number of aliphatic hydroxyl groups excluding tert-OH is 1. The maximum absolute atomic E-state index is 13.9. The molecule has 0 saturated carbocycles. The molecular weight excluding hydrogens is 249 g/mol. The third-order valence-electron chi connectivity index (χ3n) is 2.75. The summed E-state index contributed by atoms with van der Waals surface area (Å²) in [5, 5.41) is 13.1. The number of aliphatic hydroxyl groups is 1. The van der Waals surface area contributed by atoms with Gasteiger partial charge in [0.15, 0.2) is 5.82 Å². The van der Waals surface area contributed by atoms with Crippen molar-refractivity contribution in [2.75, 3.05) is 31.3 Å². The van der Waals surface area contributed by atoms with Crippen LogP contribution in [0.5, 0.6) is 0 Å². The van der Waals surface area contributed by atoms with Crippen molar-refractivity contribution in [1.29, 1.82) is 0 Å². The fourth-order valence-electron chi connectivity index (χ4n) is 1.88. The van der Waals surface area contributed by atoms with Crippen LogP contribution >= 0.6 is 0 Å². The number of benzene rings is 1. The van der Waals surface area contributed by atoms with Gasteiger partial charge in [-0.2, -0.15) is 0 Å². The Morgan fingerprint density at radius 3 is 3.11 bits per heavy atom. The van der Waals surface area contributed by atoms with Gasteiger partial charge in [-0.25, -0.2) is 4.39 Å². The Labute approximate surface area is 110 Å². The number of hydrogen-bond acceptors (Lipinski definition) is 5. The lowest BCUT2D eigenvalue weighted by molar-refractivity contribution is 0.0727. The lowest BCUT2D eigenvalue weighted by atomic mass is 10.1. The van der Waals surface area contributed by atoms with Crippen LogP contribution in [0, 0.1) is 5.82 Å². The topological polar surface area (TPSA) is 80.4 Å². The highest BCUT2D eigenvalue weighted by Crippen LogP contribution is 2.29. The zero-order valence-electron chi connectivity index (χ0n) is 10.6. The molecule has 0 spiro atoms. The predicted octanol–water partition coefficient (Wildman–Crippen LogP) is 1.38. The second-order valence-corrected chi connectivity index (χ2v) is 4.21. The highest BCUT2D eigenvalue weighted by molar-refractivity contribution is 5.98. The SMILES string of the molecule is COCC(O)CNc1c(F)cc(N)c2cccnc12. The van der Waals surface area contributed by atoms with Crippen LogP contribution in [0.15, 0.2) is 24.4 Å². The second-order valence-electron chi connectivity index (χ2n) is 4.21. The molecule has 4 N–H and O–H groups in total. The van der Waals surface area contributed by atoms with Crippen molar-refractivity contribution in [3.8, 4) is 0 Å². The molecule has 1 atom stereocenters. The molecule has 0 amide bonds. The van der Waals surface area contributed by atoms with Gasteiger partial charge in [0, 0.05) is 30.9 Å². The Balaban J connectivity index is 2.32. The minimum absolute atomic E-state index is 0.167. The van der Waals surface area contributed by atoms with E-state index in [-0.39, 0.29) is 18.8 Å². The van der Waals surface area contributed by atoms with Crippen LogP contribution in [-0.2, 0) is 4.74 Å². The Morgan fingerprint density at radius 2 is 2.37 bits per heavy atom. The van der Waals surface area contributed by atoms with E-state index in [0.29, 0.717) is 16.6 Å². The van der Waals surface area contributed by atoms with Crippen LogP contribution in [0.4, 0.5) is 15.8 Å². The van der Waals surface area contributed by atoms with E-state index in [0.717, 1.165) is 0 Å². The van der Waals surface area contributed by atoms with E-state index >= 15 is 0 Å². The van der Waals surface area contributed by atoms with Gasteiger partial charge in [-0.05, 0) is 18.2 Å². The Kier molecular flexibility index (Phi) is 4.13. The average molecular weight is 265 g/mol. The van der Waals surface area contributed by atoms with Crippen molar-refractivity contribution in [3.63, 3.8) is 0 Å². The monoisotopic (exact) mass is 265 g/mol. The minimum atomic E-state index is -0.722. The largest absolute Gasteiger partial charge is 0.398 e. The van der Waals surface area contributed by atoms with E-state index in [1.165, 1.54) is 13.2 Å². The number of halogens is 1. The summed E-state index contributed by atoms with van der Waals surface area (Å²) < 4.78 is 18.7. The van der Waals surface area contributed by atoms with Crippen LogP contribution in [0.25, 0.3) is 10.9 Å². The molecule has 0 aliphatic carbocycles. The Hall–Kier alpha value is -1.92. The van der Waals surface area contributed by atoms with Gasteiger partial charge in [-0.3, -0.25) is 4.98 Å². The zero-order valence-corrected chi connectivity index (χ0v) is 10.6. The number of aromatic nitrogens is 1. The van der Waals surface area contributed by atoms with Crippen LogP contribution in [0.3, 0.4) is 0 Å². The quantitative estimate of drug-likeness (QED) is 0.712.